The van der Waals surface area contributed by atoms with Gasteiger partial charge in [-0.15, -0.1) is 0 Å². The Morgan fingerprint density at radius 1 is 1.36 bits per heavy atom. The number of amides is 1. The van der Waals surface area contributed by atoms with Gasteiger partial charge < -0.3 is 16.2 Å². The quantitative estimate of drug-likeness (QED) is 0.625. The van der Waals surface area contributed by atoms with Gasteiger partial charge in [-0.05, 0) is 30.7 Å². The molecule has 4 nitrogen and oxygen atoms in total. The fraction of sp³-hybridized carbons (Fsp3) is 0.300. The van der Waals surface area contributed by atoms with E-state index < -0.39 is 0 Å². The van der Waals surface area contributed by atoms with Gasteiger partial charge >= 0.3 is 0 Å². The summed E-state index contributed by atoms with van der Waals surface area (Å²) >= 11 is 0. The summed E-state index contributed by atoms with van der Waals surface area (Å²) in [6.45, 7) is 0.0369. The zero-order valence-electron chi connectivity index (χ0n) is 7.86. The molecule has 4 N–H and O–H groups in total. The number of benzene rings is 1. The van der Waals surface area contributed by atoms with E-state index in [4.69, 9.17) is 10.8 Å². The molecule has 1 aromatic carbocycles. The molecule has 0 aliphatic rings. The van der Waals surface area contributed by atoms with E-state index in [0.717, 1.165) is 5.69 Å². The molecule has 0 aliphatic heterocycles. The van der Waals surface area contributed by atoms with Crippen LogP contribution in [0, 0.1) is 0 Å². The van der Waals surface area contributed by atoms with Crippen molar-refractivity contribution in [3.05, 3.63) is 24.3 Å². The highest BCUT2D eigenvalue weighted by Gasteiger charge is 2.00. The highest BCUT2D eigenvalue weighted by Crippen LogP contribution is 2.10. The summed E-state index contributed by atoms with van der Waals surface area (Å²) < 4.78 is 0. The van der Waals surface area contributed by atoms with Crippen LogP contribution >= 0.6 is 0 Å². The standard InChI is InChI=1S/C10H14N2O2/c11-8-3-5-9(6-4-8)12-10(14)2-1-7-13/h3-6,13H,1-2,7,11H2,(H,12,14). The Balaban J connectivity index is 2.44. The third-order valence-electron chi connectivity index (χ3n) is 1.76. The summed E-state index contributed by atoms with van der Waals surface area (Å²) in [5, 5.41) is 11.2. The van der Waals surface area contributed by atoms with E-state index in [9.17, 15) is 4.79 Å². The normalized spacial score (nSPS) is 9.79. The van der Waals surface area contributed by atoms with Crippen molar-refractivity contribution in [2.75, 3.05) is 17.7 Å². The molecular weight excluding hydrogens is 180 g/mol. The second kappa shape index (κ2) is 5.24. The number of aliphatic hydroxyl groups is 1. The third-order valence-corrected chi connectivity index (χ3v) is 1.76. The molecule has 1 amide bonds. The molecule has 0 saturated carbocycles. The van der Waals surface area contributed by atoms with Gasteiger partial charge in [0.1, 0.15) is 0 Å². The first-order valence-electron chi connectivity index (χ1n) is 4.48. The Labute approximate surface area is 82.7 Å². The van der Waals surface area contributed by atoms with Crippen molar-refractivity contribution in [1.82, 2.24) is 0 Å². The molecule has 0 heterocycles. The molecule has 0 saturated heterocycles. The van der Waals surface area contributed by atoms with E-state index in [1.807, 2.05) is 0 Å². The van der Waals surface area contributed by atoms with E-state index in [0.29, 0.717) is 18.5 Å². The van der Waals surface area contributed by atoms with Crippen LogP contribution in [0.25, 0.3) is 0 Å². The molecule has 0 spiro atoms. The highest BCUT2D eigenvalue weighted by atomic mass is 16.3. The van der Waals surface area contributed by atoms with Crippen LogP contribution in [0.2, 0.25) is 0 Å². The number of nitrogens with one attached hydrogen (secondary N) is 1. The molecule has 76 valence electrons. The molecular formula is C10H14N2O2. The maximum atomic E-state index is 11.2. The smallest absolute Gasteiger partial charge is 0.224 e. The lowest BCUT2D eigenvalue weighted by atomic mass is 10.2. The van der Waals surface area contributed by atoms with Gasteiger partial charge in [-0.3, -0.25) is 4.79 Å². The van der Waals surface area contributed by atoms with Crippen molar-refractivity contribution in [2.45, 2.75) is 12.8 Å². The zero-order valence-corrected chi connectivity index (χ0v) is 7.86. The highest BCUT2D eigenvalue weighted by molar-refractivity contribution is 5.90. The number of nitrogen functional groups attached to an aromatic ring is 1. The molecule has 0 aromatic heterocycles. The van der Waals surface area contributed by atoms with Crippen LogP contribution in [-0.2, 0) is 4.79 Å². The lowest BCUT2D eigenvalue weighted by Gasteiger charge is -2.04. The SMILES string of the molecule is Nc1ccc(NC(=O)CCCO)cc1. The Bertz CT molecular complexity index is 295. The van der Waals surface area contributed by atoms with Gasteiger partial charge in [-0.2, -0.15) is 0 Å². The Kier molecular flexibility index (Phi) is 3.94. The van der Waals surface area contributed by atoms with Crippen molar-refractivity contribution in [1.29, 1.82) is 0 Å². The van der Waals surface area contributed by atoms with Crippen LogP contribution in [0.1, 0.15) is 12.8 Å². The fourth-order valence-electron chi connectivity index (χ4n) is 1.03. The first kappa shape index (κ1) is 10.5. The molecule has 0 radical (unpaired) electrons. The summed E-state index contributed by atoms with van der Waals surface area (Å²) in [7, 11) is 0. The summed E-state index contributed by atoms with van der Waals surface area (Å²) in [6, 6.07) is 6.93. The minimum Gasteiger partial charge on any atom is -0.399 e. The van der Waals surface area contributed by atoms with Crippen LogP contribution in [0.3, 0.4) is 0 Å². The first-order valence-corrected chi connectivity index (χ1v) is 4.48. The monoisotopic (exact) mass is 194 g/mol. The molecule has 14 heavy (non-hydrogen) atoms. The lowest BCUT2D eigenvalue weighted by Crippen LogP contribution is -2.11. The topological polar surface area (TPSA) is 75.3 Å². The van der Waals surface area contributed by atoms with E-state index in [1.165, 1.54) is 0 Å². The maximum Gasteiger partial charge on any atom is 0.224 e. The van der Waals surface area contributed by atoms with Crippen LogP contribution in [0.4, 0.5) is 11.4 Å². The average molecular weight is 194 g/mol. The zero-order chi connectivity index (χ0) is 10.4. The van der Waals surface area contributed by atoms with E-state index in [-0.39, 0.29) is 12.5 Å². The molecule has 0 unspecified atom stereocenters. The van der Waals surface area contributed by atoms with Crippen LogP contribution in [0.5, 0.6) is 0 Å². The number of aliphatic hydroxyl groups excluding tert-OH is 1. The lowest BCUT2D eigenvalue weighted by molar-refractivity contribution is -0.116. The molecule has 0 bridgehead atoms. The van der Waals surface area contributed by atoms with Crippen LogP contribution < -0.4 is 11.1 Å². The van der Waals surface area contributed by atoms with Crippen molar-refractivity contribution in [3.8, 4) is 0 Å². The Morgan fingerprint density at radius 3 is 2.57 bits per heavy atom. The molecule has 1 aromatic rings. The summed E-state index contributed by atoms with van der Waals surface area (Å²) in [6.07, 6.45) is 0.821. The number of hydrogen-bond acceptors (Lipinski definition) is 3. The largest absolute Gasteiger partial charge is 0.399 e. The van der Waals surface area contributed by atoms with Crippen LogP contribution in [-0.4, -0.2) is 17.6 Å². The van der Waals surface area contributed by atoms with Crippen LogP contribution in [0.15, 0.2) is 24.3 Å². The van der Waals surface area contributed by atoms with Crippen molar-refractivity contribution in [3.63, 3.8) is 0 Å². The van der Waals surface area contributed by atoms with Gasteiger partial charge in [0.25, 0.3) is 0 Å². The van der Waals surface area contributed by atoms with E-state index >= 15 is 0 Å². The third kappa shape index (κ3) is 3.45. The number of rotatable bonds is 4. The number of carbonyl (C=O) groups is 1. The van der Waals surface area contributed by atoms with Crippen molar-refractivity contribution < 1.29 is 9.90 Å². The molecule has 0 atom stereocenters. The summed E-state index contributed by atoms with van der Waals surface area (Å²) in [5.74, 6) is -0.0937. The van der Waals surface area contributed by atoms with Crippen molar-refractivity contribution in [2.24, 2.45) is 0 Å². The van der Waals surface area contributed by atoms with Gasteiger partial charge in [-0.1, -0.05) is 0 Å². The summed E-state index contributed by atoms with van der Waals surface area (Å²) in [5.41, 5.74) is 6.88. The maximum absolute atomic E-state index is 11.2. The number of carbonyl (C=O) groups excluding carboxylic acids is 1. The second-order valence-electron chi connectivity index (χ2n) is 3.00. The average Bonchev–Trinajstić information content (AvgIpc) is 2.18. The number of hydrogen-bond donors (Lipinski definition) is 3. The predicted molar refractivity (Wildman–Crippen MR) is 55.8 cm³/mol. The molecule has 0 fully saturated rings. The Hall–Kier alpha value is -1.55. The number of anilines is 2. The van der Waals surface area contributed by atoms with Gasteiger partial charge in [0.15, 0.2) is 0 Å². The van der Waals surface area contributed by atoms with Gasteiger partial charge in [0.05, 0.1) is 0 Å². The minimum atomic E-state index is -0.0937. The van der Waals surface area contributed by atoms with Gasteiger partial charge in [0.2, 0.25) is 5.91 Å². The Morgan fingerprint density at radius 2 is 2.00 bits per heavy atom. The first-order chi connectivity index (χ1) is 6.72. The second-order valence-corrected chi connectivity index (χ2v) is 3.00. The van der Waals surface area contributed by atoms with Gasteiger partial charge in [0, 0.05) is 24.4 Å². The predicted octanol–water partition coefficient (Wildman–Crippen LogP) is 0.980. The van der Waals surface area contributed by atoms with Gasteiger partial charge in [-0.25, -0.2) is 0 Å². The summed E-state index contributed by atoms with van der Waals surface area (Å²) in [4.78, 5) is 11.2. The molecule has 1 rings (SSSR count). The molecule has 0 aliphatic carbocycles. The minimum absolute atomic E-state index is 0.0369. The number of nitrogens with two attached hydrogens (primary N) is 1. The molecule has 4 heteroatoms. The van der Waals surface area contributed by atoms with Crippen molar-refractivity contribution >= 4 is 17.3 Å². The fourth-order valence-corrected chi connectivity index (χ4v) is 1.03. The van der Waals surface area contributed by atoms with E-state index in [2.05, 4.69) is 5.32 Å². The van der Waals surface area contributed by atoms with E-state index in [1.54, 1.807) is 24.3 Å².